The van der Waals surface area contributed by atoms with E-state index >= 15 is 0 Å². The van der Waals surface area contributed by atoms with Crippen LogP contribution >= 0.6 is 0 Å². The third-order valence-electron chi connectivity index (χ3n) is 2.76. The summed E-state index contributed by atoms with van der Waals surface area (Å²) in [6, 6.07) is 0. The second-order valence-electron chi connectivity index (χ2n) is 5.63. The zero-order chi connectivity index (χ0) is 13.6. The lowest BCUT2D eigenvalue weighted by Gasteiger charge is -2.29. The van der Waals surface area contributed by atoms with E-state index in [2.05, 4.69) is 32.2 Å². The van der Waals surface area contributed by atoms with Gasteiger partial charge in [0.1, 0.15) is 6.10 Å². The molecule has 0 aromatic carbocycles. The van der Waals surface area contributed by atoms with Gasteiger partial charge in [0, 0.05) is 7.05 Å². The zero-order valence-electron chi connectivity index (χ0n) is 11.9. The molecule has 0 aromatic heterocycles. The highest BCUT2D eigenvalue weighted by Gasteiger charge is 2.21. The minimum absolute atomic E-state index is 0.120. The van der Waals surface area contributed by atoms with E-state index < -0.39 is 0 Å². The lowest BCUT2D eigenvalue weighted by atomic mass is 10.0. The van der Waals surface area contributed by atoms with Crippen molar-refractivity contribution in [3.05, 3.63) is 12.2 Å². The first-order valence-corrected chi connectivity index (χ1v) is 6.63. The first-order chi connectivity index (χ1) is 8.40. The smallest absolute Gasteiger partial charge is 0.407 e. The van der Waals surface area contributed by atoms with E-state index in [4.69, 9.17) is 9.47 Å². The van der Waals surface area contributed by atoms with Crippen LogP contribution in [0.2, 0.25) is 0 Å². The van der Waals surface area contributed by atoms with Gasteiger partial charge in [-0.2, -0.15) is 0 Å². The van der Waals surface area contributed by atoms with Crippen LogP contribution in [0.1, 0.15) is 46.5 Å². The Morgan fingerprint density at radius 2 is 2.00 bits per heavy atom. The Labute approximate surface area is 110 Å². The van der Waals surface area contributed by atoms with Gasteiger partial charge in [-0.15, -0.1) is 0 Å². The molecule has 1 N–H and O–H groups in total. The van der Waals surface area contributed by atoms with Crippen molar-refractivity contribution in [2.75, 3.05) is 7.05 Å². The molecule has 0 radical (unpaired) electrons. The topological polar surface area (TPSA) is 47.6 Å². The van der Waals surface area contributed by atoms with Crippen LogP contribution in [0.5, 0.6) is 0 Å². The number of carbonyl (C=O) groups is 1. The Balaban J connectivity index is 2.48. The average molecular weight is 255 g/mol. The van der Waals surface area contributed by atoms with E-state index in [0.717, 1.165) is 25.7 Å². The number of rotatable bonds is 2. The minimum Gasteiger partial charge on any atom is -0.442 e. The van der Waals surface area contributed by atoms with Gasteiger partial charge in [-0.25, -0.2) is 4.79 Å². The van der Waals surface area contributed by atoms with Gasteiger partial charge in [0.2, 0.25) is 0 Å². The SMILES string of the molecule is CNC(=O)OC1/C=C/CCC(OC(C)(C)C)CC1. The highest BCUT2D eigenvalue weighted by atomic mass is 16.6. The van der Waals surface area contributed by atoms with Gasteiger partial charge in [-0.3, -0.25) is 0 Å². The Morgan fingerprint density at radius 1 is 1.28 bits per heavy atom. The fourth-order valence-corrected chi connectivity index (χ4v) is 2.03. The van der Waals surface area contributed by atoms with Crippen LogP contribution < -0.4 is 5.32 Å². The predicted octanol–water partition coefficient (Wildman–Crippen LogP) is 3.02. The van der Waals surface area contributed by atoms with E-state index in [1.807, 2.05) is 6.08 Å². The van der Waals surface area contributed by atoms with Crippen molar-refractivity contribution in [2.45, 2.75) is 64.3 Å². The number of carbonyl (C=O) groups excluding carboxylic acids is 1. The lowest BCUT2D eigenvalue weighted by Crippen LogP contribution is -2.30. The summed E-state index contributed by atoms with van der Waals surface area (Å²) in [5.41, 5.74) is -0.120. The molecule has 0 fully saturated rings. The number of hydrogen-bond acceptors (Lipinski definition) is 3. The molecule has 0 bridgehead atoms. The number of nitrogens with one attached hydrogen (secondary N) is 1. The van der Waals surface area contributed by atoms with Crippen LogP contribution in [-0.4, -0.2) is 30.9 Å². The number of amides is 1. The van der Waals surface area contributed by atoms with E-state index in [9.17, 15) is 4.79 Å². The minimum atomic E-state index is -0.376. The molecule has 0 spiro atoms. The zero-order valence-corrected chi connectivity index (χ0v) is 11.9. The monoisotopic (exact) mass is 255 g/mol. The molecule has 0 aliphatic heterocycles. The van der Waals surface area contributed by atoms with Crippen molar-refractivity contribution in [1.29, 1.82) is 0 Å². The van der Waals surface area contributed by atoms with Gasteiger partial charge < -0.3 is 14.8 Å². The van der Waals surface area contributed by atoms with E-state index in [1.54, 1.807) is 7.05 Å². The van der Waals surface area contributed by atoms with Gasteiger partial charge in [0.25, 0.3) is 0 Å². The van der Waals surface area contributed by atoms with Crippen LogP contribution in [-0.2, 0) is 9.47 Å². The third-order valence-corrected chi connectivity index (χ3v) is 2.76. The first kappa shape index (κ1) is 15.0. The Kier molecular flexibility index (Phi) is 5.66. The van der Waals surface area contributed by atoms with Crippen molar-refractivity contribution in [3.63, 3.8) is 0 Å². The summed E-state index contributed by atoms with van der Waals surface area (Å²) in [4.78, 5) is 11.2. The lowest BCUT2D eigenvalue weighted by molar-refractivity contribution is -0.0696. The van der Waals surface area contributed by atoms with Crippen LogP contribution in [0.15, 0.2) is 12.2 Å². The average Bonchev–Trinajstić information content (AvgIpc) is 2.25. The maximum absolute atomic E-state index is 11.2. The molecule has 0 heterocycles. The number of allylic oxidation sites excluding steroid dienone is 1. The van der Waals surface area contributed by atoms with Crippen molar-refractivity contribution in [2.24, 2.45) is 0 Å². The molecular formula is C14H25NO3. The molecule has 4 heteroatoms. The van der Waals surface area contributed by atoms with Crippen LogP contribution in [0.4, 0.5) is 4.79 Å². The van der Waals surface area contributed by atoms with Gasteiger partial charge in [0.05, 0.1) is 11.7 Å². The maximum atomic E-state index is 11.2. The first-order valence-electron chi connectivity index (χ1n) is 6.63. The quantitative estimate of drug-likeness (QED) is 0.771. The summed E-state index contributed by atoms with van der Waals surface area (Å²) in [6.45, 7) is 6.21. The van der Waals surface area contributed by atoms with Gasteiger partial charge in [0.15, 0.2) is 0 Å². The van der Waals surface area contributed by atoms with E-state index in [1.165, 1.54) is 0 Å². The highest BCUT2D eigenvalue weighted by molar-refractivity contribution is 5.67. The summed E-state index contributed by atoms with van der Waals surface area (Å²) >= 11 is 0. The summed E-state index contributed by atoms with van der Waals surface area (Å²) in [7, 11) is 1.57. The summed E-state index contributed by atoms with van der Waals surface area (Å²) in [5, 5.41) is 2.47. The fourth-order valence-electron chi connectivity index (χ4n) is 2.03. The van der Waals surface area contributed by atoms with Crippen molar-refractivity contribution in [3.8, 4) is 0 Å². The second-order valence-corrected chi connectivity index (χ2v) is 5.63. The maximum Gasteiger partial charge on any atom is 0.407 e. The Morgan fingerprint density at radius 3 is 2.61 bits per heavy atom. The Hall–Kier alpha value is -1.03. The molecule has 18 heavy (non-hydrogen) atoms. The Bertz CT molecular complexity index is 294. The fraction of sp³-hybridized carbons (Fsp3) is 0.786. The number of alkyl carbamates (subject to hydrolysis) is 1. The normalized spacial score (nSPS) is 26.9. The molecule has 0 saturated carbocycles. The van der Waals surface area contributed by atoms with Crippen LogP contribution in [0, 0.1) is 0 Å². The second kappa shape index (κ2) is 6.78. The molecule has 1 aliphatic rings. The van der Waals surface area contributed by atoms with Crippen LogP contribution in [0.25, 0.3) is 0 Å². The molecular weight excluding hydrogens is 230 g/mol. The van der Waals surface area contributed by atoms with Crippen molar-refractivity contribution in [1.82, 2.24) is 5.32 Å². The number of ether oxygens (including phenoxy) is 2. The molecule has 2 atom stereocenters. The van der Waals surface area contributed by atoms with E-state index in [-0.39, 0.29) is 23.9 Å². The molecule has 2 unspecified atom stereocenters. The number of hydrogen-bond donors (Lipinski definition) is 1. The van der Waals surface area contributed by atoms with Crippen LogP contribution in [0.3, 0.4) is 0 Å². The third kappa shape index (κ3) is 6.05. The molecule has 1 aliphatic carbocycles. The highest BCUT2D eigenvalue weighted by Crippen LogP contribution is 2.22. The van der Waals surface area contributed by atoms with Gasteiger partial charge in [-0.05, 0) is 52.5 Å². The predicted molar refractivity (Wildman–Crippen MR) is 71.6 cm³/mol. The summed E-state index contributed by atoms with van der Waals surface area (Å²) in [5.74, 6) is 0. The largest absolute Gasteiger partial charge is 0.442 e. The van der Waals surface area contributed by atoms with E-state index in [0.29, 0.717) is 0 Å². The molecule has 4 nitrogen and oxygen atoms in total. The standard InChI is InChI=1S/C14H25NO3/c1-14(2,3)18-12-8-6-5-7-11(9-10-12)17-13(16)15-4/h5,7,11-12H,6,8-10H2,1-4H3,(H,15,16)/b7-5+. The molecule has 0 saturated heterocycles. The van der Waals surface area contributed by atoms with Crippen molar-refractivity contribution < 1.29 is 14.3 Å². The van der Waals surface area contributed by atoms with Crippen molar-refractivity contribution >= 4 is 6.09 Å². The van der Waals surface area contributed by atoms with Gasteiger partial charge >= 0.3 is 6.09 Å². The summed E-state index contributed by atoms with van der Waals surface area (Å²) < 4.78 is 11.3. The summed E-state index contributed by atoms with van der Waals surface area (Å²) in [6.07, 6.45) is 7.50. The molecule has 104 valence electrons. The molecule has 1 rings (SSSR count). The molecule has 1 amide bonds. The molecule has 0 aromatic rings. The van der Waals surface area contributed by atoms with Gasteiger partial charge in [-0.1, -0.05) is 6.08 Å².